The molecule has 0 atom stereocenters. The van der Waals surface area contributed by atoms with E-state index in [0.29, 0.717) is 16.4 Å². The van der Waals surface area contributed by atoms with Gasteiger partial charge in [-0.15, -0.1) is 0 Å². The van der Waals surface area contributed by atoms with Crippen molar-refractivity contribution in [1.29, 1.82) is 0 Å². The van der Waals surface area contributed by atoms with E-state index < -0.39 is 0 Å². The van der Waals surface area contributed by atoms with Crippen LogP contribution in [0, 0.1) is 0 Å². The van der Waals surface area contributed by atoms with Crippen LogP contribution >= 0.6 is 11.6 Å². The fraction of sp³-hybridized carbons (Fsp3) is 0.294. The Labute approximate surface area is 135 Å². The van der Waals surface area contributed by atoms with Gasteiger partial charge in [-0.1, -0.05) is 43.1 Å². The highest BCUT2D eigenvalue weighted by Crippen LogP contribution is 2.20. The fourth-order valence-corrected chi connectivity index (χ4v) is 2.21. The Morgan fingerprint density at radius 1 is 1.27 bits per heavy atom. The van der Waals surface area contributed by atoms with E-state index in [9.17, 15) is 4.79 Å². The van der Waals surface area contributed by atoms with Crippen LogP contribution < -0.4 is 10.6 Å². The lowest BCUT2D eigenvalue weighted by molar-refractivity contribution is 0.102. The molecular weight excluding hydrogens is 298 g/mol. The van der Waals surface area contributed by atoms with Gasteiger partial charge in [0.2, 0.25) is 0 Å². The predicted octanol–water partition coefficient (Wildman–Crippen LogP) is 3.88. The van der Waals surface area contributed by atoms with E-state index in [1.165, 1.54) is 0 Å². The van der Waals surface area contributed by atoms with Crippen LogP contribution in [-0.2, 0) is 6.54 Å². The van der Waals surface area contributed by atoms with Crippen LogP contribution in [0.15, 0.2) is 42.6 Å². The quantitative estimate of drug-likeness (QED) is 0.762. The van der Waals surface area contributed by atoms with Crippen molar-refractivity contribution in [2.45, 2.75) is 26.3 Å². The first-order chi connectivity index (χ1) is 10.7. The zero-order chi connectivity index (χ0) is 15.8. The first kappa shape index (κ1) is 16.5. The van der Waals surface area contributed by atoms with Gasteiger partial charge in [-0.3, -0.25) is 4.79 Å². The first-order valence-corrected chi connectivity index (χ1v) is 7.80. The summed E-state index contributed by atoms with van der Waals surface area (Å²) in [5.74, 6) is 0.164. The molecule has 5 heteroatoms. The number of carbonyl (C=O) groups excluding carboxylic acids is 1. The van der Waals surface area contributed by atoms with Crippen molar-refractivity contribution in [3.8, 4) is 0 Å². The van der Waals surface area contributed by atoms with Gasteiger partial charge < -0.3 is 10.6 Å². The molecule has 0 unspecified atom stereocenters. The molecule has 0 bridgehead atoms. The third kappa shape index (κ3) is 4.83. The van der Waals surface area contributed by atoms with Crippen molar-refractivity contribution in [3.05, 3.63) is 58.7 Å². The van der Waals surface area contributed by atoms with Gasteiger partial charge >= 0.3 is 0 Å². The van der Waals surface area contributed by atoms with Crippen LogP contribution in [-0.4, -0.2) is 17.4 Å². The molecule has 0 aliphatic carbocycles. The van der Waals surface area contributed by atoms with Gasteiger partial charge in [0.25, 0.3) is 5.91 Å². The van der Waals surface area contributed by atoms with E-state index >= 15 is 0 Å². The van der Waals surface area contributed by atoms with Crippen LogP contribution in [0.5, 0.6) is 0 Å². The molecule has 1 heterocycles. The number of pyridine rings is 1. The summed E-state index contributed by atoms with van der Waals surface area (Å²) in [4.78, 5) is 16.3. The second-order valence-corrected chi connectivity index (χ2v) is 5.43. The standard InChI is InChI=1S/C17H20ClN3O/c1-2-3-9-19-11-13-10-15(18)16(20-12-13)21-17(22)14-7-5-4-6-8-14/h4-8,10,12,19H,2-3,9,11H2,1H3,(H,20,21,22). The molecule has 1 aromatic heterocycles. The van der Waals surface area contributed by atoms with Gasteiger partial charge in [0.1, 0.15) is 0 Å². The number of unbranched alkanes of at least 4 members (excludes halogenated alkanes) is 1. The zero-order valence-electron chi connectivity index (χ0n) is 12.6. The molecule has 1 aromatic carbocycles. The van der Waals surface area contributed by atoms with Crippen LogP contribution in [0.3, 0.4) is 0 Å². The molecule has 0 saturated heterocycles. The number of rotatable bonds is 7. The monoisotopic (exact) mass is 317 g/mol. The second kappa shape index (κ2) is 8.51. The highest BCUT2D eigenvalue weighted by atomic mass is 35.5. The van der Waals surface area contributed by atoms with Gasteiger partial charge in [0.05, 0.1) is 5.02 Å². The maximum Gasteiger partial charge on any atom is 0.256 e. The van der Waals surface area contributed by atoms with Crippen molar-refractivity contribution in [2.75, 3.05) is 11.9 Å². The molecule has 0 saturated carbocycles. The van der Waals surface area contributed by atoms with Gasteiger partial charge in [-0.05, 0) is 36.7 Å². The molecule has 0 fully saturated rings. The largest absolute Gasteiger partial charge is 0.313 e. The van der Waals surface area contributed by atoms with E-state index in [2.05, 4.69) is 22.5 Å². The van der Waals surface area contributed by atoms with Crippen LogP contribution in [0.2, 0.25) is 5.02 Å². The summed E-state index contributed by atoms with van der Waals surface area (Å²) < 4.78 is 0. The number of halogens is 1. The van der Waals surface area contributed by atoms with Crippen molar-refractivity contribution >= 4 is 23.3 Å². The van der Waals surface area contributed by atoms with Gasteiger partial charge in [0.15, 0.2) is 5.82 Å². The van der Waals surface area contributed by atoms with Gasteiger partial charge in [0, 0.05) is 18.3 Å². The van der Waals surface area contributed by atoms with E-state index in [1.54, 1.807) is 18.3 Å². The lowest BCUT2D eigenvalue weighted by Crippen LogP contribution is -2.16. The maximum absolute atomic E-state index is 12.1. The Morgan fingerprint density at radius 3 is 2.73 bits per heavy atom. The van der Waals surface area contributed by atoms with Gasteiger partial charge in [-0.2, -0.15) is 0 Å². The molecule has 0 radical (unpaired) electrons. The molecule has 4 nitrogen and oxygen atoms in total. The van der Waals surface area contributed by atoms with Crippen molar-refractivity contribution in [1.82, 2.24) is 10.3 Å². The first-order valence-electron chi connectivity index (χ1n) is 7.42. The number of aromatic nitrogens is 1. The molecule has 116 valence electrons. The molecule has 0 spiro atoms. The lowest BCUT2D eigenvalue weighted by Gasteiger charge is -2.09. The van der Waals surface area contributed by atoms with E-state index in [4.69, 9.17) is 11.6 Å². The minimum absolute atomic E-state index is 0.219. The molecule has 1 amide bonds. The average Bonchev–Trinajstić information content (AvgIpc) is 2.55. The zero-order valence-corrected chi connectivity index (χ0v) is 13.4. The number of benzene rings is 1. The molecule has 2 rings (SSSR count). The Bertz CT molecular complexity index is 617. The van der Waals surface area contributed by atoms with Gasteiger partial charge in [-0.25, -0.2) is 4.98 Å². The minimum Gasteiger partial charge on any atom is -0.313 e. The molecule has 22 heavy (non-hydrogen) atoms. The van der Waals surface area contributed by atoms with Crippen molar-refractivity contribution in [3.63, 3.8) is 0 Å². The fourth-order valence-electron chi connectivity index (χ4n) is 1.97. The summed E-state index contributed by atoms with van der Waals surface area (Å²) in [6.45, 7) is 3.85. The number of nitrogens with one attached hydrogen (secondary N) is 2. The number of amides is 1. The second-order valence-electron chi connectivity index (χ2n) is 5.02. The Morgan fingerprint density at radius 2 is 2.05 bits per heavy atom. The predicted molar refractivity (Wildman–Crippen MR) is 90.3 cm³/mol. The van der Waals surface area contributed by atoms with Crippen LogP contribution in [0.4, 0.5) is 5.82 Å². The maximum atomic E-state index is 12.1. The normalized spacial score (nSPS) is 10.5. The lowest BCUT2D eigenvalue weighted by atomic mass is 10.2. The Balaban J connectivity index is 1.96. The smallest absolute Gasteiger partial charge is 0.256 e. The number of hydrogen-bond acceptors (Lipinski definition) is 3. The third-order valence-corrected chi connectivity index (χ3v) is 3.49. The molecular formula is C17H20ClN3O. The van der Waals surface area contributed by atoms with Crippen LogP contribution in [0.25, 0.3) is 0 Å². The summed E-state index contributed by atoms with van der Waals surface area (Å²) in [5.41, 5.74) is 1.57. The summed E-state index contributed by atoms with van der Waals surface area (Å²) in [6, 6.07) is 10.8. The number of nitrogens with zero attached hydrogens (tertiary/aromatic N) is 1. The summed E-state index contributed by atoms with van der Waals surface area (Å²) >= 11 is 6.20. The number of carbonyl (C=O) groups is 1. The molecule has 0 aliphatic rings. The van der Waals surface area contributed by atoms with E-state index in [0.717, 1.165) is 31.5 Å². The molecule has 2 N–H and O–H groups in total. The summed E-state index contributed by atoms with van der Waals surface area (Å²) in [7, 11) is 0. The third-order valence-electron chi connectivity index (χ3n) is 3.20. The van der Waals surface area contributed by atoms with Crippen molar-refractivity contribution in [2.24, 2.45) is 0 Å². The minimum atomic E-state index is -0.219. The van der Waals surface area contributed by atoms with Crippen molar-refractivity contribution < 1.29 is 4.79 Å². The highest BCUT2D eigenvalue weighted by Gasteiger charge is 2.09. The molecule has 0 aliphatic heterocycles. The SMILES string of the molecule is CCCCNCc1cnc(NC(=O)c2ccccc2)c(Cl)c1. The average molecular weight is 318 g/mol. The highest BCUT2D eigenvalue weighted by molar-refractivity contribution is 6.33. The Kier molecular flexibility index (Phi) is 6.37. The topological polar surface area (TPSA) is 54.0 Å². The number of hydrogen-bond donors (Lipinski definition) is 2. The van der Waals surface area contributed by atoms with E-state index in [-0.39, 0.29) is 5.91 Å². The summed E-state index contributed by atoms with van der Waals surface area (Å²) in [6.07, 6.45) is 4.04. The number of anilines is 1. The summed E-state index contributed by atoms with van der Waals surface area (Å²) in [5, 5.41) is 6.50. The Hall–Kier alpha value is -1.91. The van der Waals surface area contributed by atoms with Crippen LogP contribution in [0.1, 0.15) is 35.7 Å². The molecule has 2 aromatic rings. The van der Waals surface area contributed by atoms with E-state index in [1.807, 2.05) is 24.3 Å².